The third kappa shape index (κ3) is 3.85. The van der Waals surface area contributed by atoms with Crippen LogP contribution >= 0.6 is 11.8 Å². The molecule has 1 amide bonds. The highest BCUT2D eigenvalue weighted by atomic mass is 32.2. The molecule has 0 saturated heterocycles. The molecule has 1 rings (SSSR count). The molecule has 5 heteroatoms. The van der Waals surface area contributed by atoms with E-state index in [0.717, 1.165) is 12.2 Å². The van der Waals surface area contributed by atoms with Gasteiger partial charge in [-0.3, -0.25) is 4.79 Å². The Hall–Kier alpha value is -1.36. The summed E-state index contributed by atoms with van der Waals surface area (Å²) in [5, 5.41) is 3.25. The molecule has 0 fully saturated rings. The lowest BCUT2D eigenvalue weighted by Crippen LogP contribution is -2.26. The van der Waals surface area contributed by atoms with E-state index >= 15 is 0 Å². The van der Waals surface area contributed by atoms with Gasteiger partial charge in [0.05, 0.1) is 11.4 Å². The number of carbonyl (C=O) groups excluding carboxylic acids is 1. The first-order chi connectivity index (χ1) is 7.85. The largest absolute Gasteiger partial charge is 0.397 e. The number of rotatable bonds is 5. The molecule has 17 heavy (non-hydrogen) atoms. The normalized spacial score (nSPS) is 11.2. The summed E-state index contributed by atoms with van der Waals surface area (Å²) in [4.78, 5) is 11.1. The number of anilines is 2. The second kappa shape index (κ2) is 5.31. The van der Waals surface area contributed by atoms with Gasteiger partial charge in [-0.1, -0.05) is 0 Å². The molecule has 0 spiro atoms. The van der Waals surface area contributed by atoms with Gasteiger partial charge in [-0.05, 0) is 38.3 Å². The van der Waals surface area contributed by atoms with Gasteiger partial charge in [-0.25, -0.2) is 0 Å². The molecule has 0 atom stereocenters. The molecule has 0 aliphatic carbocycles. The van der Waals surface area contributed by atoms with Crippen molar-refractivity contribution < 1.29 is 4.79 Å². The average Bonchev–Trinajstić information content (AvgIpc) is 2.27. The maximum Gasteiger partial charge on any atom is 0.248 e. The molecule has 4 nitrogen and oxygen atoms in total. The number of hydrogen-bond acceptors (Lipinski definition) is 4. The van der Waals surface area contributed by atoms with Gasteiger partial charge in [0.2, 0.25) is 5.91 Å². The van der Waals surface area contributed by atoms with Crippen molar-refractivity contribution in [3.8, 4) is 0 Å². The van der Waals surface area contributed by atoms with Crippen LogP contribution in [0.3, 0.4) is 0 Å². The smallest absolute Gasteiger partial charge is 0.248 e. The third-order valence-electron chi connectivity index (χ3n) is 2.59. The number of hydrogen-bond donors (Lipinski definition) is 3. The van der Waals surface area contributed by atoms with Gasteiger partial charge in [0.25, 0.3) is 0 Å². The minimum Gasteiger partial charge on any atom is -0.397 e. The van der Waals surface area contributed by atoms with E-state index in [1.54, 1.807) is 30.0 Å². The molecule has 1 aromatic carbocycles. The Labute approximate surface area is 106 Å². The SMILES string of the molecule is CSC(C)(C)CNc1cc(C(N)=O)ccc1N. The first kappa shape index (κ1) is 13.7. The van der Waals surface area contributed by atoms with Crippen molar-refractivity contribution in [3.05, 3.63) is 23.8 Å². The summed E-state index contributed by atoms with van der Waals surface area (Å²) in [6.07, 6.45) is 2.06. The van der Waals surface area contributed by atoms with Crippen LogP contribution in [0.25, 0.3) is 0 Å². The van der Waals surface area contributed by atoms with Gasteiger partial charge in [0, 0.05) is 16.9 Å². The van der Waals surface area contributed by atoms with Crippen molar-refractivity contribution in [2.75, 3.05) is 23.9 Å². The monoisotopic (exact) mass is 253 g/mol. The number of amides is 1. The second-order valence-corrected chi connectivity index (χ2v) is 6.00. The fourth-order valence-electron chi connectivity index (χ4n) is 1.24. The van der Waals surface area contributed by atoms with Crippen LogP contribution in [-0.4, -0.2) is 23.5 Å². The molecule has 0 aliphatic heterocycles. The highest BCUT2D eigenvalue weighted by Gasteiger charge is 2.16. The van der Waals surface area contributed by atoms with Crippen LogP contribution in [0.1, 0.15) is 24.2 Å². The summed E-state index contributed by atoms with van der Waals surface area (Å²) in [5.41, 5.74) is 12.9. The summed E-state index contributed by atoms with van der Waals surface area (Å²) < 4.78 is 0.106. The average molecular weight is 253 g/mol. The van der Waals surface area contributed by atoms with Crippen molar-refractivity contribution >= 4 is 29.0 Å². The van der Waals surface area contributed by atoms with E-state index in [1.807, 2.05) is 0 Å². The Morgan fingerprint density at radius 3 is 2.65 bits per heavy atom. The van der Waals surface area contributed by atoms with Crippen LogP contribution in [0.4, 0.5) is 11.4 Å². The summed E-state index contributed by atoms with van der Waals surface area (Å²) in [6, 6.07) is 5.01. The lowest BCUT2D eigenvalue weighted by Gasteiger charge is -2.23. The zero-order valence-corrected chi connectivity index (χ0v) is 11.2. The molecule has 0 heterocycles. The fraction of sp³-hybridized carbons (Fsp3) is 0.417. The maximum atomic E-state index is 11.1. The molecular weight excluding hydrogens is 234 g/mol. The number of nitrogens with one attached hydrogen (secondary N) is 1. The van der Waals surface area contributed by atoms with E-state index in [0.29, 0.717) is 11.3 Å². The van der Waals surface area contributed by atoms with Crippen molar-refractivity contribution in [1.82, 2.24) is 0 Å². The molecule has 0 aromatic heterocycles. The fourth-order valence-corrected chi connectivity index (χ4v) is 1.46. The Morgan fingerprint density at radius 1 is 1.47 bits per heavy atom. The topological polar surface area (TPSA) is 81.1 Å². The van der Waals surface area contributed by atoms with Gasteiger partial charge in [-0.15, -0.1) is 0 Å². The first-order valence-corrected chi connectivity index (χ1v) is 6.56. The van der Waals surface area contributed by atoms with E-state index in [4.69, 9.17) is 11.5 Å². The summed E-state index contributed by atoms with van der Waals surface area (Å²) in [7, 11) is 0. The highest BCUT2D eigenvalue weighted by Crippen LogP contribution is 2.25. The zero-order valence-electron chi connectivity index (χ0n) is 10.4. The van der Waals surface area contributed by atoms with Crippen LogP contribution in [0, 0.1) is 0 Å². The zero-order chi connectivity index (χ0) is 13.1. The number of nitrogen functional groups attached to an aromatic ring is 1. The van der Waals surface area contributed by atoms with Crippen molar-refractivity contribution in [2.45, 2.75) is 18.6 Å². The molecule has 1 aromatic rings. The van der Waals surface area contributed by atoms with E-state index in [1.165, 1.54) is 0 Å². The lowest BCUT2D eigenvalue weighted by atomic mass is 10.1. The van der Waals surface area contributed by atoms with Gasteiger partial charge in [0.15, 0.2) is 0 Å². The maximum absolute atomic E-state index is 11.1. The lowest BCUT2D eigenvalue weighted by molar-refractivity contribution is 0.100. The summed E-state index contributed by atoms with van der Waals surface area (Å²) in [5.74, 6) is -0.447. The standard InChI is InChI=1S/C12H19N3OS/c1-12(2,17-3)7-15-10-6-8(11(14)16)4-5-9(10)13/h4-6,15H,7,13H2,1-3H3,(H2,14,16). The number of carbonyl (C=O) groups is 1. The van der Waals surface area contributed by atoms with Crippen LogP contribution in [0.15, 0.2) is 18.2 Å². The molecular formula is C12H19N3OS. The number of primary amides is 1. The van der Waals surface area contributed by atoms with Crippen LogP contribution in [0.2, 0.25) is 0 Å². The molecule has 94 valence electrons. The quantitative estimate of drug-likeness (QED) is 0.700. The van der Waals surface area contributed by atoms with Crippen LogP contribution in [-0.2, 0) is 0 Å². The van der Waals surface area contributed by atoms with Gasteiger partial charge < -0.3 is 16.8 Å². The Kier molecular flexibility index (Phi) is 4.28. The van der Waals surface area contributed by atoms with Crippen LogP contribution < -0.4 is 16.8 Å². The van der Waals surface area contributed by atoms with Crippen LogP contribution in [0.5, 0.6) is 0 Å². The summed E-state index contributed by atoms with van der Waals surface area (Å²) >= 11 is 1.77. The van der Waals surface area contributed by atoms with E-state index in [9.17, 15) is 4.79 Å². The summed E-state index contributed by atoms with van der Waals surface area (Å²) in [6.45, 7) is 5.04. The van der Waals surface area contributed by atoms with Crippen molar-refractivity contribution in [2.24, 2.45) is 5.73 Å². The molecule has 0 unspecified atom stereocenters. The van der Waals surface area contributed by atoms with Crippen molar-refractivity contribution in [1.29, 1.82) is 0 Å². The third-order valence-corrected chi connectivity index (χ3v) is 3.84. The van der Waals surface area contributed by atoms with E-state index in [-0.39, 0.29) is 4.75 Å². The number of thioether (sulfide) groups is 1. The van der Waals surface area contributed by atoms with Gasteiger partial charge in [0.1, 0.15) is 0 Å². The second-order valence-electron chi connectivity index (χ2n) is 4.48. The van der Waals surface area contributed by atoms with E-state index in [2.05, 4.69) is 25.4 Å². The van der Waals surface area contributed by atoms with Gasteiger partial charge in [-0.2, -0.15) is 11.8 Å². The molecule has 0 aliphatic rings. The molecule has 0 radical (unpaired) electrons. The Balaban J connectivity index is 2.83. The molecule has 5 N–H and O–H groups in total. The Bertz CT molecular complexity index is 418. The molecule has 0 bridgehead atoms. The minimum atomic E-state index is -0.447. The number of benzene rings is 1. The minimum absolute atomic E-state index is 0.106. The van der Waals surface area contributed by atoms with E-state index < -0.39 is 5.91 Å². The molecule has 0 saturated carbocycles. The first-order valence-electron chi connectivity index (χ1n) is 5.34. The van der Waals surface area contributed by atoms with Crippen molar-refractivity contribution in [3.63, 3.8) is 0 Å². The number of nitrogens with two attached hydrogens (primary N) is 2. The highest BCUT2D eigenvalue weighted by molar-refractivity contribution is 7.99. The van der Waals surface area contributed by atoms with Gasteiger partial charge >= 0.3 is 0 Å². The Morgan fingerprint density at radius 2 is 2.12 bits per heavy atom. The predicted octanol–water partition coefficient (Wildman–Crippen LogP) is 1.92. The predicted molar refractivity (Wildman–Crippen MR) is 75.5 cm³/mol.